The predicted molar refractivity (Wildman–Crippen MR) is 78.7 cm³/mol. The Morgan fingerprint density at radius 2 is 1.78 bits per heavy atom. The molecule has 92 valence electrons. The molecule has 0 saturated carbocycles. The van der Waals surface area contributed by atoms with Crippen LogP contribution in [0.3, 0.4) is 0 Å². The van der Waals surface area contributed by atoms with Crippen LogP contribution < -0.4 is 0 Å². The van der Waals surface area contributed by atoms with Gasteiger partial charge in [-0.2, -0.15) is 6.16 Å². The van der Waals surface area contributed by atoms with Crippen molar-refractivity contribution in [1.29, 1.82) is 0 Å². The van der Waals surface area contributed by atoms with E-state index in [-0.39, 0.29) is 5.78 Å². The van der Waals surface area contributed by atoms with Crippen LogP contribution in [0.1, 0.15) is 22.3 Å². The van der Waals surface area contributed by atoms with Gasteiger partial charge in [-0.05, 0) is 30.0 Å². The molecule has 0 amide bonds. The third kappa shape index (κ3) is 2.68. The lowest BCUT2D eigenvalue weighted by Crippen LogP contribution is -2.04. The van der Waals surface area contributed by atoms with Gasteiger partial charge in [0.15, 0.2) is 5.78 Å². The van der Waals surface area contributed by atoms with Crippen LogP contribution in [0.15, 0.2) is 48.5 Å². The van der Waals surface area contributed by atoms with Crippen molar-refractivity contribution >= 4 is 15.0 Å². The molecule has 0 aliphatic rings. The van der Waals surface area contributed by atoms with Crippen molar-refractivity contribution < 1.29 is 4.79 Å². The van der Waals surface area contributed by atoms with Crippen LogP contribution in [-0.2, 0) is 0 Å². The third-order valence-electron chi connectivity index (χ3n) is 2.99. The lowest BCUT2D eigenvalue weighted by Gasteiger charge is -2.12. The zero-order chi connectivity index (χ0) is 13.0. The van der Waals surface area contributed by atoms with E-state index in [9.17, 15) is 4.79 Å². The number of carbonyl (C=O) groups excluding carboxylic acids is 1. The number of aryl methyl sites for hydroxylation is 1. The molecule has 0 bridgehead atoms. The Bertz CT molecular complexity index is 546. The summed E-state index contributed by atoms with van der Waals surface area (Å²) in [5, 5.41) is 0. The van der Waals surface area contributed by atoms with Crippen molar-refractivity contribution in [3.63, 3.8) is 0 Å². The molecule has 2 aromatic rings. The van der Waals surface area contributed by atoms with Crippen LogP contribution in [0.4, 0.5) is 0 Å². The van der Waals surface area contributed by atoms with Crippen LogP contribution in [0.25, 0.3) is 11.1 Å². The molecular weight excluding hydrogens is 239 g/mol. The lowest BCUT2D eigenvalue weighted by molar-refractivity contribution is 0.0989. The fourth-order valence-electron chi connectivity index (χ4n) is 2.13. The summed E-state index contributed by atoms with van der Waals surface area (Å²) in [6, 6.07) is 16.1. The maximum atomic E-state index is 12.2. The fourth-order valence-corrected chi connectivity index (χ4v) is 2.36. The van der Waals surface area contributed by atoms with E-state index in [0.717, 1.165) is 22.3 Å². The first kappa shape index (κ1) is 13.0. The van der Waals surface area contributed by atoms with E-state index in [4.69, 9.17) is 0 Å². The van der Waals surface area contributed by atoms with Crippen molar-refractivity contribution in [3.8, 4) is 11.1 Å². The van der Waals surface area contributed by atoms with E-state index < -0.39 is 0 Å². The van der Waals surface area contributed by atoms with Gasteiger partial charge in [-0.1, -0.05) is 48.5 Å². The monoisotopic (exact) mass is 255 g/mol. The first-order valence-electron chi connectivity index (χ1n) is 6.07. The smallest absolute Gasteiger partial charge is 0.161 e. The van der Waals surface area contributed by atoms with Gasteiger partial charge in [-0.3, -0.25) is 4.79 Å². The van der Waals surface area contributed by atoms with Crippen molar-refractivity contribution in [2.75, 3.05) is 6.16 Å². The zero-order valence-electron chi connectivity index (χ0n) is 10.4. The van der Waals surface area contributed by atoms with Crippen LogP contribution in [-0.4, -0.2) is 11.9 Å². The van der Waals surface area contributed by atoms with E-state index in [1.54, 1.807) is 0 Å². The summed E-state index contributed by atoms with van der Waals surface area (Å²) in [4.78, 5) is 12.2. The number of carbonyl (C=O) groups is 1. The Morgan fingerprint density at radius 1 is 1.06 bits per heavy atom. The summed E-state index contributed by atoms with van der Waals surface area (Å²) >= 11 is 0. The van der Waals surface area contributed by atoms with Gasteiger partial charge in [0, 0.05) is 5.56 Å². The molecule has 0 unspecified atom stereocenters. The molecule has 18 heavy (non-hydrogen) atoms. The first-order chi connectivity index (χ1) is 8.74. The van der Waals surface area contributed by atoms with Crippen molar-refractivity contribution in [3.05, 3.63) is 59.7 Å². The number of hydrogen-bond acceptors (Lipinski definition) is 1. The lowest BCUT2D eigenvalue weighted by atomic mass is 9.92. The Hall–Kier alpha value is -1.46. The summed E-state index contributed by atoms with van der Waals surface area (Å²) in [5.74, 6) is 0.196. The fraction of sp³-hybridized carbons (Fsp3) is 0.188. The molecule has 2 rings (SSSR count). The molecule has 0 atom stereocenters. The van der Waals surface area contributed by atoms with E-state index in [1.165, 1.54) is 0 Å². The van der Waals surface area contributed by atoms with Gasteiger partial charge in [0.05, 0.1) is 0 Å². The van der Waals surface area contributed by atoms with Gasteiger partial charge in [-0.15, -0.1) is 0 Å². The van der Waals surface area contributed by atoms with Crippen molar-refractivity contribution in [2.24, 2.45) is 0 Å². The van der Waals surface area contributed by atoms with Gasteiger partial charge in [0.2, 0.25) is 0 Å². The minimum absolute atomic E-state index is 0.196. The summed E-state index contributed by atoms with van der Waals surface area (Å²) in [6.45, 7) is 1.99. The minimum Gasteiger partial charge on any atom is -0.558 e. The maximum Gasteiger partial charge on any atom is 0.161 e. The first-order valence-corrected chi connectivity index (χ1v) is 6.77. The molecule has 2 heteroatoms. The average molecular weight is 255 g/mol. The topological polar surface area (TPSA) is 17.1 Å². The highest BCUT2D eigenvalue weighted by molar-refractivity contribution is 7.16. The molecule has 0 aromatic heterocycles. The molecule has 0 aliphatic carbocycles. The van der Waals surface area contributed by atoms with Crippen LogP contribution in [0.5, 0.6) is 0 Å². The summed E-state index contributed by atoms with van der Waals surface area (Å²) in [6.07, 6.45) is 1.23. The predicted octanol–water partition coefficient (Wildman–Crippen LogP) is 4.38. The molecule has 0 N–H and O–H groups in total. The van der Waals surface area contributed by atoms with Gasteiger partial charge < -0.3 is 9.24 Å². The molecule has 0 spiro atoms. The quantitative estimate of drug-likeness (QED) is 0.585. The van der Waals surface area contributed by atoms with Gasteiger partial charge >= 0.3 is 0 Å². The van der Waals surface area contributed by atoms with Crippen LogP contribution in [0.2, 0.25) is 0 Å². The Kier molecular flexibility index (Phi) is 4.28. The average Bonchev–Trinajstić information content (AvgIpc) is 2.39. The summed E-state index contributed by atoms with van der Waals surface area (Å²) < 4.78 is 0. The minimum atomic E-state index is 0.196. The number of hydrogen-bond donors (Lipinski definition) is 0. The van der Waals surface area contributed by atoms with Gasteiger partial charge in [-0.25, -0.2) is 0 Å². The summed E-state index contributed by atoms with van der Waals surface area (Å²) in [5.41, 5.74) is 4.02. The number of Topliss-reactive ketones (excluding diaryl/α,β-unsaturated/α-hetero) is 1. The Labute approximate surface area is 110 Å². The molecule has 0 radical (unpaired) electrons. The highest BCUT2D eigenvalue weighted by Crippen LogP contribution is 2.27. The van der Waals surface area contributed by atoms with E-state index in [0.29, 0.717) is 12.6 Å². The zero-order valence-corrected chi connectivity index (χ0v) is 11.4. The molecular formula is C16H16OP-. The Morgan fingerprint density at radius 3 is 2.44 bits per heavy atom. The van der Waals surface area contributed by atoms with Gasteiger partial charge in [0.25, 0.3) is 0 Å². The number of benzene rings is 2. The van der Waals surface area contributed by atoms with Gasteiger partial charge in [0.1, 0.15) is 0 Å². The van der Waals surface area contributed by atoms with Crippen molar-refractivity contribution in [2.45, 2.75) is 13.3 Å². The maximum absolute atomic E-state index is 12.2. The molecule has 0 heterocycles. The Balaban J connectivity index is 2.55. The second-order valence-electron chi connectivity index (χ2n) is 4.29. The van der Waals surface area contributed by atoms with E-state index in [1.807, 2.05) is 55.5 Å². The highest BCUT2D eigenvalue weighted by Gasteiger charge is 2.13. The standard InChI is InChI=1S/C16H16OP/c1-12-6-5-9-14(13-7-3-2-4-8-13)16(12)15(17)10-11-18/h2-9,18H,10-11H2,1H3/q-1. The second kappa shape index (κ2) is 5.93. The summed E-state index contributed by atoms with van der Waals surface area (Å²) in [7, 11) is 3.38. The number of ketones is 1. The largest absolute Gasteiger partial charge is 0.558 e. The molecule has 0 saturated heterocycles. The van der Waals surface area contributed by atoms with Crippen LogP contribution in [0, 0.1) is 6.92 Å². The van der Waals surface area contributed by atoms with E-state index in [2.05, 4.69) is 9.24 Å². The molecule has 1 nitrogen and oxygen atoms in total. The molecule has 0 fully saturated rings. The van der Waals surface area contributed by atoms with E-state index >= 15 is 0 Å². The number of rotatable bonds is 4. The normalized spacial score (nSPS) is 10.3. The highest BCUT2D eigenvalue weighted by atomic mass is 31.0. The third-order valence-corrected chi connectivity index (χ3v) is 3.24. The molecule has 2 aromatic carbocycles. The SMILES string of the molecule is Cc1cccc(-c2ccccc2)c1C(=O)CC[PH-]. The van der Waals surface area contributed by atoms with Crippen molar-refractivity contribution in [1.82, 2.24) is 0 Å². The second-order valence-corrected chi connectivity index (χ2v) is 4.79. The van der Waals surface area contributed by atoms with Crippen LogP contribution >= 0.6 is 9.24 Å². The molecule has 0 aliphatic heterocycles.